The van der Waals surface area contributed by atoms with Gasteiger partial charge in [-0.3, -0.25) is 4.79 Å². The molecule has 1 amide bonds. The third-order valence-corrected chi connectivity index (χ3v) is 5.69. The maximum Gasteiger partial charge on any atom is 0.272 e. The number of pyridine rings is 1. The topological polar surface area (TPSA) is 51.7 Å². The number of likely N-dealkylation sites (tertiary alicyclic amines) is 1. The summed E-state index contributed by atoms with van der Waals surface area (Å²) in [5.74, 6) is 0.00986. The summed E-state index contributed by atoms with van der Waals surface area (Å²) in [5.41, 5.74) is 1.29. The van der Waals surface area contributed by atoms with Crippen LogP contribution in [0.2, 0.25) is 0 Å². The van der Waals surface area contributed by atoms with E-state index >= 15 is 0 Å². The molecule has 2 aromatic rings. The van der Waals surface area contributed by atoms with Crippen LogP contribution in [0.1, 0.15) is 36.7 Å². The quantitative estimate of drug-likeness (QED) is 0.845. The van der Waals surface area contributed by atoms with Gasteiger partial charge in [0.15, 0.2) is 0 Å². The van der Waals surface area contributed by atoms with Crippen molar-refractivity contribution >= 4 is 16.8 Å². The van der Waals surface area contributed by atoms with Gasteiger partial charge in [0.25, 0.3) is 5.91 Å². The van der Waals surface area contributed by atoms with Crippen molar-refractivity contribution in [2.45, 2.75) is 32.3 Å². The minimum absolute atomic E-state index is 0.00986. The predicted molar refractivity (Wildman–Crippen MR) is 100 cm³/mol. The number of ether oxygens (including phenoxy) is 2. The molecule has 4 rings (SSSR count). The van der Waals surface area contributed by atoms with Crippen molar-refractivity contribution in [3.63, 3.8) is 0 Å². The van der Waals surface area contributed by atoms with Crippen LogP contribution < -0.4 is 0 Å². The van der Waals surface area contributed by atoms with Crippen LogP contribution in [-0.4, -0.2) is 54.8 Å². The zero-order valence-electron chi connectivity index (χ0n) is 15.3. The van der Waals surface area contributed by atoms with Crippen molar-refractivity contribution < 1.29 is 14.3 Å². The molecular formula is C21H26N2O3. The summed E-state index contributed by atoms with van der Waals surface area (Å²) >= 11 is 0. The number of hydrogen-bond acceptors (Lipinski definition) is 4. The molecule has 5 nitrogen and oxygen atoms in total. The van der Waals surface area contributed by atoms with Crippen molar-refractivity contribution in [1.82, 2.24) is 9.88 Å². The molecule has 0 unspecified atom stereocenters. The molecule has 0 spiro atoms. The van der Waals surface area contributed by atoms with Crippen LogP contribution in [0.5, 0.6) is 0 Å². The first-order chi connectivity index (χ1) is 12.7. The Kier molecular flexibility index (Phi) is 4.92. The maximum atomic E-state index is 13.1. The number of carbonyl (C=O) groups is 1. The molecule has 5 heteroatoms. The lowest BCUT2D eigenvalue weighted by atomic mass is 9.73. The van der Waals surface area contributed by atoms with Crippen molar-refractivity contribution in [3.05, 3.63) is 42.1 Å². The highest BCUT2D eigenvalue weighted by atomic mass is 16.5. The van der Waals surface area contributed by atoms with E-state index in [9.17, 15) is 4.79 Å². The van der Waals surface area contributed by atoms with Crippen molar-refractivity contribution in [2.75, 3.05) is 32.9 Å². The summed E-state index contributed by atoms with van der Waals surface area (Å²) in [4.78, 5) is 19.6. The Morgan fingerprint density at radius 2 is 2.23 bits per heavy atom. The fraction of sp³-hybridized carbons (Fsp3) is 0.524. The molecule has 2 fully saturated rings. The second-order valence-electron chi connectivity index (χ2n) is 7.37. The maximum absolute atomic E-state index is 13.1. The monoisotopic (exact) mass is 354 g/mol. The number of rotatable bonds is 4. The molecule has 2 atom stereocenters. The zero-order valence-corrected chi connectivity index (χ0v) is 15.3. The fourth-order valence-corrected chi connectivity index (χ4v) is 4.33. The number of benzene rings is 1. The van der Waals surface area contributed by atoms with E-state index in [1.165, 1.54) is 0 Å². The minimum Gasteiger partial charge on any atom is -0.381 e. The summed E-state index contributed by atoms with van der Waals surface area (Å²) in [5, 5.41) is 1.05. The lowest BCUT2D eigenvalue weighted by Gasteiger charge is -2.50. The summed E-state index contributed by atoms with van der Waals surface area (Å²) in [6, 6.07) is 11.7. The van der Waals surface area contributed by atoms with Crippen LogP contribution in [0.4, 0.5) is 0 Å². The Bertz CT molecular complexity index is 794. The highest BCUT2D eigenvalue weighted by molar-refractivity contribution is 5.95. The van der Waals surface area contributed by atoms with Crippen LogP contribution in [-0.2, 0) is 9.47 Å². The number of aromatic nitrogens is 1. The predicted octanol–water partition coefficient (Wildman–Crippen LogP) is 3.28. The van der Waals surface area contributed by atoms with E-state index in [-0.39, 0.29) is 17.4 Å². The number of carbonyl (C=O) groups excluding carboxylic acids is 1. The smallest absolute Gasteiger partial charge is 0.272 e. The largest absolute Gasteiger partial charge is 0.381 e. The van der Waals surface area contributed by atoms with Gasteiger partial charge in [0.2, 0.25) is 0 Å². The Morgan fingerprint density at radius 1 is 1.35 bits per heavy atom. The summed E-state index contributed by atoms with van der Waals surface area (Å²) in [6.45, 7) is 5.58. The molecule has 26 heavy (non-hydrogen) atoms. The average Bonchev–Trinajstić information content (AvgIpc) is 2.71. The molecule has 0 N–H and O–H groups in total. The fourth-order valence-electron chi connectivity index (χ4n) is 4.33. The lowest BCUT2D eigenvalue weighted by Crippen LogP contribution is -2.58. The molecule has 2 saturated heterocycles. The van der Waals surface area contributed by atoms with Gasteiger partial charge in [0, 0.05) is 37.1 Å². The van der Waals surface area contributed by atoms with Crippen LogP contribution in [0, 0.1) is 5.41 Å². The Morgan fingerprint density at radius 3 is 3.12 bits per heavy atom. The van der Waals surface area contributed by atoms with Crippen LogP contribution in [0.15, 0.2) is 36.4 Å². The van der Waals surface area contributed by atoms with E-state index in [0.29, 0.717) is 32.0 Å². The molecule has 0 aliphatic carbocycles. The van der Waals surface area contributed by atoms with Crippen molar-refractivity contribution in [1.29, 1.82) is 0 Å². The third kappa shape index (κ3) is 3.21. The Hall–Kier alpha value is -1.98. The molecule has 0 saturated carbocycles. The standard InChI is InChI=1S/C21H26N2O3/c1-2-25-15-21-11-5-13-26-19(21)10-12-23(14-21)20(24)18-9-8-16-6-3-4-7-17(16)22-18/h3-4,6-9,19H,2,5,10-15H2,1H3/t19-,21-/m1/s1. The molecule has 3 heterocycles. The van der Waals surface area contributed by atoms with E-state index in [1.54, 1.807) is 0 Å². The second-order valence-corrected chi connectivity index (χ2v) is 7.37. The molecule has 2 aliphatic heterocycles. The number of para-hydroxylation sites is 1. The minimum atomic E-state index is -0.0843. The number of hydrogen-bond donors (Lipinski definition) is 0. The van der Waals surface area contributed by atoms with Gasteiger partial charge in [-0.25, -0.2) is 4.98 Å². The van der Waals surface area contributed by atoms with Crippen LogP contribution >= 0.6 is 0 Å². The molecule has 1 aromatic heterocycles. The van der Waals surface area contributed by atoms with E-state index in [2.05, 4.69) is 4.98 Å². The van der Waals surface area contributed by atoms with Gasteiger partial charge in [-0.05, 0) is 38.3 Å². The van der Waals surface area contributed by atoms with Gasteiger partial charge in [-0.2, -0.15) is 0 Å². The van der Waals surface area contributed by atoms with Crippen LogP contribution in [0.25, 0.3) is 10.9 Å². The Labute approximate surface area is 154 Å². The first-order valence-electron chi connectivity index (χ1n) is 9.56. The molecule has 0 bridgehead atoms. The van der Waals surface area contributed by atoms with Crippen LogP contribution in [0.3, 0.4) is 0 Å². The molecule has 2 aliphatic rings. The zero-order chi connectivity index (χ0) is 18.0. The third-order valence-electron chi connectivity index (χ3n) is 5.69. The van der Waals surface area contributed by atoms with Gasteiger partial charge >= 0.3 is 0 Å². The van der Waals surface area contributed by atoms with Crippen molar-refractivity contribution in [2.24, 2.45) is 5.41 Å². The number of fused-ring (bicyclic) bond motifs is 2. The first kappa shape index (κ1) is 17.4. The van der Waals surface area contributed by atoms with Crippen molar-refractivity contribution in [3.8, 4) is 0 Å². The van der Waals surface area contributed by atoms with E-state index in [1.807, 2.05) is 48.2 Å². The molecule has 0 radical (unpaired) electrons. The molecule has 138 valence electrons. The highest BCUT2D eigenvalue weighted by Crippen LogP contribution is 2.40. The highest BCUT2D eigenvalue weighted by Gasteiger charge is 2.47. The van der Waals surface area contributed by atoms with Gasteiger partial charge in [-0.15, -0.1) is 0 Å². The van der Waals surface area contributed by atoms with Gasteiger partial charge in [0.05, 0.1) is 18.2 Å². The number of piperidine rings is 1. The van der Waals surface area contributed by atoms with Gasteiger partial charge in [-0.1, -0.05) is 24.3 Å². The lowest BCUT2D eigenvalue weighted by molar-refractivity contribution is -0.146. The SMILES string of the molecule is CCOC[C@]12CCCO[C@@H]1CCN(C(=O)c1ccc3ccccc3n1)C2. The van der Waals surface area contributed by atoms with Gasteiger partial charge < -0.3 is 14.4 Å². The summed E-state index contributed by atoms with van der Waals surface area (Å²) < 4.78 is 11.8. The average molecular weight is 354 g/mol. The summed E-state index contributed by atoms with van der Waals surface area (Å²) in [6.07, 6.45) is 3.13. The summed E-state index contributed by atoms with van der Waals surface area (Å²) in [7, 11) is 0. The normalized spacial score (nSPS) is 25.9. The van der Waals surface area contributed by atoms with E-state index < -0.39 is 0 Å². The molecular weight excluding hydrogens is 328 g/mol. The first-order valence-corrected chi connectivity index (χ1v) is 9.56. The number of nitrogens with zero attached hydrogens (tertiary/aromatic N) is 2. The number of amides is 1. The molecule has 1 aromatic carbocycles. The second kappa shape index (κ2) is 7.33. The van der Waals surface area contributed by atoms with E-state index in [0.717, 1.165) is 36.8 Å². The van der Waals surface area contributed by atoms with E-state index in [4.69, 9.17) is 9.47 Å². The Balaban J connectivity index is 1.57. The van der Waals surface area contributed by atoms with Gasteiger partial charge in [0.1, 0.15) is 5.69 Å².